The molecule has 3 heteroatoms. The Balaban J connectivity index is 1.53. The summed E-state index contributed by atoms with van der Waals surface area (Å²) in [5, 5.41) is 5.43. The monoisotopic (exact) mass is 333 g/mol. The van der Waals surface area contributed by atoms with E-state index in [9.17, 15) is 4.79 Å². The van der Waals surface area contributed by atoms with Crippen LogP contribution in [-0.4, -0.2) is 11.9 Å². The van der Waals surface area contributed by atoms with Crippen LogP contribution in [0.15, 0.2) is 65.3 Å². The van der Waals surface area contributed by atoms with Crippen molar-refractivity contribution in [2.24, 2.45) is 5.92 Å². The van der Waals surface area contributed by atoms with Gasteiger partial charge in [-0.25, -0.2) is 0 Å². The third-order valence-corrected chi connectivity index (χ3v) is 5.30. The highest BCUT2D eigenvalue weighted by Gasteiger charge is 2.28. The Morgan fingerprint density at radius 1 is 1.00 bits per heavy atom. The van der Waals surface area contributed by atoms with Gasteiger partial charge in [0.05, 0.1) is 6.26 Å². The van der Waals surface area contributed by atoms with Crippen LogP contribution in [0.4, 0.5) is 0 Å². The lowest BCUT2D eigenvalue weighted by Gasteiger charge is -2.32. The van der Waals surface area contributed by atoms with Gasteiger partial charge in [0.15, 0.2) is 0 Å². The van der Waals surface area contributed by atoms with Crippen LogP contribution in [0.25, 0.3) is 10.8 Å². The molecule has 2 atom stereocenters. The molecule has 0 spiro atoms. The van der Waals surface area contributed by atoms with Gasteiger partial charge < -0.3 is 9.73 Å². The number of hydrogen-bond acceptors (Lipinski definition) is 2. The zero-order valence-corrected chi connectivity index (χ0v) is 14.3. The van der Waals surface area contributed by atoms with Crippen LogP contribution in [0.1, 0.15) is 41.8 Å². The maximum atomic E-state index is 12.9. The van der Waals surface area contributed by atoms with E-state index in [1.54, 1.807) is 6.26 Å². The Kier molecular flexibility index (Phi) is 4.55. The third kappa shape index (κ3) is 3.46. The second kappa shape index (κ2) is 7.14. The molecule has 25 heavy (non-hydrogen) atoms. The number of carbonyl (C=O) groups excluding carboxylic acids is 1. The van der Waals surface area contributed by atoms with Crippen molar-refractivity contribution in [3.05, 3.63) is 72.2 Å². The molecular weight excluding hydrogens is 310 g/mol. The minimum atomic E-state index is 0.0353. The number of hydrogen-bond donors (Lipinski definition) is 1. The van der Waals surface area contributed by atoms with Gasteiger partial charge in [-0.15, -0.1) is 0 Å². The molecule has 1 fully saturated rings. The van der Waals surface area contributed by atoms with Crippen LogP contribution in [0, 0.1) is 5.92 Å². The average Bonchev–Trinajstić information content (AvgIpc) is 3.16. The fourth-order valence-corrected chi connectivity index (χ4v) is 4.00. The first-order valence-electron chi connectivity index (χ1n) is 9.12. The Bertz CT molecular complexity index is 848. The van der Waals surface area contributed by atoms with E-state index in [4.69, 9.17) is 4.42 Å². The number of nitrogens with one attached hydrogen (secondary N) is 1. The summed E-state index contributed by atoms with van der Waals surface area (Å²) in [4.78, 5) is 12.9. The molecule has 1 aliphatic rings. The van der Waals surface area contributed by atoms with E-state index in [2.05, 4.69) is 5.32 Å². The first kappa shape index (κ1) is 15.9. The smallest absolute Gasteiger partial charge is 0.252 e. The SMILES string of the molecule is O=C(NC1CCCCC1Cc1ccco1)c1cccc2ccccc12. The van der Waals surface area contributed by atoms with Crippen molar-refractivity contribution in [1.29, 1.82) is 0 Å². The zero-order chi connectivity index (χ0) is 17.1. The summed E-state index contributed by atoms with van der Waals surface area (Å²) in [6, 6.07) is 18.2. The lowest BCUT2D eigenvalue weighted by Crippen LogP contribution is -2.42. The van der Waals surface area contributed by atoms with E-state index in [-0.39, 0.29) is 11.9 Å². The normalized spacial score (nSPS) is 20.5. The summed E-state index contributed by atoms with van der Waals surface area (Å²) in [6.07, 6.45) is 7.21. The summed E-state index contributed by atoms with van der Waals surface area (Å²) in [5.74, 6) is 1.49. The molecule has 0 bridgehead atoms. The molecule has 128 valence electrons. The Morgan fingerprint density at radius 3 is 2.72 bits per heavy atom. The van der Waals surface area contributed by atoms with Gasteiger partial charge in [0.2, 0.25) is 0 Å². The highest BCUT2D eigenvalue weighted by atomic mass is 16.3. The molecule has 2 unspecified atom stereocenters. The van der Waals surface area contributed by atoms with E-state index < -0.39 is 0 Å². The van der Waals surface area contributed by atoms with Crippen LogP contribution in [0.5, 0.6) is 0 Å². The van der Waals surface area contributed by atoms with Gasteiger partial charge in [0.25, 0.3) is 5.91 Å². The molecule has 1 aliphatic carbocycles. The van der Waals surface area contributed by atoms with Gasteiger partial charge in [-0.3, -0.25) is 4.79 Å². The Morgan fingerprint density at radius 2 is 1.84 bits per heavy atom. The summed E-state index contributed by atoms with van der Waals surface area (Å²) in [5.41, 5.74) is 0.764. The molecule has 3 nitrogen and oxygen atoms in total. The van der Waals surface area contributed by atoms with Crippen LogP contribution in [0.2, 0.25) is 0 Å². The van der Waals surface area contributed by atoms with Gasteiger partial charge in [-0.1, -0.05) is 49.2 Å². The lowest BCUT2D eigenvalue weighted by molar-refractivity contribution is 0.0905. The number of rotatable bonds is 4. The van der Waals surface area contributed by atoms with Gasteiger partial charge in [0, 0.05) is 18.0 Å². The topological polar surface area (TPSA) is 42.2 Å². The molecule has 1 heterocycles. The first-order chi connectivity index (χ1) is 12.3. The fourth-order valence-electron chi connectivity index (χ4n) is 4.00. The van der Waals surface area contributed by atoms with E-state index in [1.807, 2.05) is 54.6 Å². The molecular formula is C22H23NO2. The number of amides is 1. The van der Waals surface area contributed by atoms with Crippen molar-refractivity contribution < 1.29 is 9.21 Å². The van der Waals surface area contributed by atoms with Gasteiger partial charge in [-0.05, 0) is 47.7 Å². The van der Waals surface area contributed by atoms with Crippen molar-refractivity contribution in [3.8, 4) is 0 Å². The average molecular weight is 333 g/mol. The highest BCUT2D eigenvalue weighted by molar-refractivity contribution is 6.07. The molecule has 0 aliphatic heterocycles. The fraction of sp³-hybridized carbons (Fsp3) is 0.318. The van der Waals surface area contributed by atoms with Crippen molar-refractivity contribution in [2.45, 2.75) is 38.1 Å². The molecule has 4 rings (SSSR count). The zero-order valence-electron chi connectivity index (χ0n) is 14.3. The Hall–Kier alpha value is -2.55. The maximum Gasteiger partial charge on any atom is 0.252 e. The van der Waals surface area contributed by atoms with Crippen LogP contribution in [-0.2, 0) is 6.42 Å². The van der Waals surface area contributed by atoms with Crippen LogP contribution >= 0.6 is 0 Å². The van der Waals surface area contributed by atoms with Crippen molar-refractivity contribution >= 4 is 16.7 Å². The minimum absolute atomic E-state index is 0.0353. The first-order valence-corrected chi connectivity index (χ1v) is 9.12. The van der Waals surface area contributed by atoms with Gasteiger partial charge in [0.1, 0.15) is 5.76 Å². The van der Waals surface area contributed by atoms with E-state index in [0.717, 1.165) is 41.4 Å². The number of fused-ring (bicyclic) bond motifs is 1. The third-order valence-electron chi connectivity index (χ3n) is 5.30. The summed E-state index contributed by atoms with van der Waals surface area (Å²) >= 11 is 0. The quantitative estimate of drug-likeness (QED) is 0.733. The van der Waals surface area contributed by atoms with Crippen molar-refractivity contribution in [1.82, 2.24) is 5.32 Å². The van der Waals surface area contributed by atoms with Gasteiger partial charge >= 0.3 is 0 Å². The molecule has 3 aromatic rings. The van der Waals surface area contributed by atoms with Crippen molar-refractivity contribution in [2.75, 3.05) is 0 Å². The van der Waals surface area contributed by atoms with E-state index in [1.165, 1.54) is 12.8 Å². The second-order valence-corrected chi connectivity index (χ2v) is 6.93. The number of carbonyl (C=O) groups is 1. The van der Waals surface area contributed by atoms with Crippen LogP contribution in [0.3, 0.4) is 0 Å². The predicted octanol–water partition coefficient (Wildman–Crippen LogP) is 4.96. The molecule has 0 saturated heterocycles. The standard InChI is InChI=1S/C22H23NO2/c24-22(20-12-5-9-16-7-1-3-11-19(16)20)23-21-13-4-2-8-17(21)15-18-10-6-14-25-18/h1,3,5-7,9-12,14,17,21H,2,4,8,13,15H2,(H,23,24). The van der Waals surface area contributed by atoms with Crippen molar-refractivity contribution in [3.63, 3.8) is 0 Å². The second-order valence-electron chi connectivity index (χ2n) is 6.93. The molecule has 2 aromatic carbocycles. The number of furan rings is 1. The van der Waals surface area contributed by atoms with E-state index >= 15 is 0 Å². The largest absolute Gasteiger partial charge is 0.469 e. The summed E-state index contributed by atoms with van der Waals surface area (Å²) in [6.45, 7) is 0. The molecule has 1 N–H and O–H groups in total. The molecule has 1 saturated carbocycles. The number of benzene rings is 2. The highest BCUT2D eigenvalue weighted by Crippen LogP contribution is 2.28. The van der Waals surface area contributed by atoms with Crippen LogP contribution < -0.4 is 5.32 Å². The molecule has 0 radical (unpaired) electrons. The maximum absolute atomic E-state index is 12.9. The molecule has 1 amide bonds. The minimum Gasteiger partial charge on any atom is -0.469 e. The summed E-state index contributed by atoms with van der Waals surface area (Å²) in [7, 11) is 0. The Labute approximate surface area is 148 Å². The predicted molar refractivity (Wildman–Crippen MR) is 99.6 cm³/mol. The summed E-state index contributed by atoms with van der Waals surface area (Å²) < 4.78 is 5.52. The lowest BCUT2D eigenvalue weighted by atomic mass is 9.81. The van der Waals surface area contributed by atoms with E-state index in [0.29, 0.717) is 5.92 Å². The van der Waals surface area contributed by atoms with Gasteiger partial charge in [-0.2, -0.15) is 0 Å². The molecule has 1 aromatic heterocycles.